The van der Waals surface area contributed by atoms with Crippen molar-refractivity contribution < 1.29 is 0 Å². The van der Waals surface area contributed by atoms with Crippen LogP contribution in [0, 0.1) is 5.92 Å². The Balaban J connectivity index is 2.09. The highest BCUT2D eigenvalue weighted by Gasteiger charge is 2.24. The van der Waals surface area contributed by atoms with E-state index in [9.17, 15) is 0 Å². The lowest BCUT2D eigenvalue weighted by Crippen LogP contribution is -2.30. The van der Waals surface area contributed by atoms with E-state index in [1.807, 2.05) is 0 Å². The van der Waals surface area contributed by atoms with Crippen LogP contribution in [0.3, 0.4) is 0 Å². The van der Waals surface area contributed by atoms with Crippen molar-refractivity contribution in [1.29, 1.82) is 0 Å². The van der Waals surface area contributed by atoms with Crippen molar-refractivity contribution in [2.45, 2.75) is 32.7 Å². The average molecular weight is 307 g/mol. The van der Waals surface area contributed by atoms with Crippen molar-refractivity contribution in [2.24, 2.45) is 5.92 Å². The van der Waals surface area contributed by atoms with Crippen LogP contribution in [0.2, 0.25) is 0 Å². The molecule has 0 saturated heterocycles. The third-order valence-electron chi connectivity index (χ3n) is 3.72. The van der Waals surface area contributed by atoms with Crippen LogP contribution < -0.4 is 5.32 Å². The summed E-state index contributed by atoms with van der Waals surface area (Å²) in [5.41, 5.74) is 4.18. The molecular formula is C15H19BrN2. The molecule has 2 aromatic rings. The second-order valence-electron chi connectivity index (χ2n) is 5.59. The van der Waals surface area contributed by atoms with Gasteiger partial charge in [-0.3, -0.25) is 0 Å². The number of benzene rings is 1. The third kappa shape index (κ3) is 2.10. The Labute approximate surface area is 116 Å². The Morgan fingerprint density at radius 3 is 3.00 bits per heavy atom. The van der Waals surface area contributed by atoms with Gasteiger partial charge in [0.25, 0.3) is 0 Å². The summed E-state index contributed by atoms with van der Waals surface area (Å²) in [6.45, 7) is 5.66. The molecule has 1 aliphatic heterocycles. The van der Waals surface area contributed by atoms with Crippen LogP contribution in [0.5, 0.6) is 0 Å². The normalized spacial score (nSPS) is 19.4. The fourth-order valence-electron chi connectivity index (χ4n) is 2.95. The molecule has 0 radical (unpaired) electrons. The molecule has 0 fully saturated rings. The van der Waals surface area contributed by atoms with Gasteiger partial charge in [0.15, 0.2) is 0 Å². The van der Waals surface area contributed by atoms with Crippen LogP contribution in [-0.4, -0.2) is 11.5 Å². The summed E-state index contributed by atoms with van der Waals surface area (Å²) in [6.07, 6.45) is 2.32. The van der Waals surface area contributed by atoms with E-state index in [0.29, 0.717) is 12.0 Å². The van der Waals surface area contributed by atoms with Gasteiger partial charge in [-0.15, -0.1) is 0 Å². The molecular weight excluding hydrogens is 288 g/mol. The maximum absolute atomic E-state index is 3.64. The van der Waals surface area contributed by atoms with Gasteiger partial charge in [0.05, 0.1) is 0 Å². The minimum absolute atomic E-state index is 0.486. The third-order valence-corrected chi connectivity index (χ3v) is 4.22. The maximum atomic E-state index is 3.64. The van der Waals surface area contributed by atoms with E-state index in [1.54, 1.807) is 0 Å². The van der Waals surface area contributed by atoms with E-state index >= 15 is 0 Å². The van der Waals surface area contributed by atoms with E-state index in [-0.39, 0.29) is 0 Å². The largest absolute Gasteiger partial charge is 0.357 e. The van der Waals surface area contributed by atoms with Crippen LogP contribution in [0.1, 0.15) is 37.6 Å². The predicted molar refractivity (Wildman–Crippen MR) is 79.9 cm³/mol. The Morgan fingerprint density at radius 2 is 2.22 bits per heavy atom. The van der Waals surface area contributed by atoms with Gasteiger partial charge in [-0.25, -0.2) is 0 Å². The first-order chi connectivity index (χ1) is 8.65. The van der Waals surface area contributed by atoms with Crippen LogP contribution in [0.15, 0.2) is 22.7 Å². The highest BCUT2D eigenvalue weighted by atomic mass is 79.9. The van der Waals surface area contributed by atoms with E-state index in [2.05, 4.69) is 58.3 Å². The van der Waals surface area contributed by atoms with Crippen LogP contribution in [0.4, 0.5) is 0 Å². The Hall–Kier alpha value is -0.800. The Kier molecular flexibility index (Phi) is 3.20. The highest BCUT2D eigenvalue weighted by molar-refractivity contribution is 9.10. The molecule has 2 heterocycles. The molecule has 2 N–H and O–H groups in total. The van der Waals surface area contributed by atoms with Gasteiger partial charge in [-0.2, -0.15) is 0 Å². The number of aromatic amines is 1. The van der Waals surface area contributed by atoms with Crippen LogP contribution >= 0.6 is 15.9 Å². The Morgan fingerprint density at radius 1 is 1.39 bits per heavy atom. The fraction of sp³-hybridized carbons (Fsp3) is 0.467. The maximum Gasteiger partial charge on any atom is 0.0478 e. The molecule has 1 aliphatic rings. The smallest absolute Gasteiger partial charge is 0.0478 e. The van der Waals surface area contributed by atoms with Crippen molar-refractivity contribution in [3.8, 4) is 0 Å². The molecule has 0 amide bonds. The van der Waals surface area contributed by atoms with Crippen molar-refractivity contribution in [1.82, 2.24) is 10.3 Å². The van der Waals surface area contributed by atoms with Gasteiger partial charge in [0.1, 0.15) is 0 Å². The summed E-state index contributed by atoms with van der Waals surface area (Å²) in [5, 5.41) is 5.02. The molecule has 0 spiro atoms. The standard InChI is InChI=1S/C15H19BrN2/c1-9(2)7-14-15-11(5-6-17-14)12-8-10(16)3-4-13(12)18-15/h3-4,8-9,14,17-18H,5-7H2,1-2H3/t14-/m1/s1. The van der Waals surface area contributed by atoms with E-state index in [1.165, 1.54) is 28.6 Å². The number of hydrogen-bond donors (Lipinski definition) is 2. The molecule has 0 bridgehead atoms. The summed E-state index contributed by atoms with van der Waals surface area (Å²) < 4.78 is 1.16. The SMILES string of the molecule is CC(C)C[C@H]1NCCc2c1[nH]c1ccc(Br)cc21. The zero-order valence-corrected chi connectivity index (χ0v) is 12.5. The first-order valence-corrected chi connectivity index (χ1v) is 7.48. The molecule has 1 aromatic heterocycles. The lowest BCUT2D eigenvalue weighted by Gasteiger charge is -2.25. The second-order valence-corrected chi connectivity index (χ2v) is 6.51. The molecule has 0 unspecified atom stereocenters. The number of nitrogens with one attached hydrogen (secondary N) is 2. The van der Waals surface area contributed by atoms with Crippen molar-refractivity contribution in [3.05, 3.63) is 33.9 Å². The van der Waals surface area contributed by atoms with E-state index in [4.69, 9.17) is 0 Å². The number of H-pyrrole nitrogens is 1. The lowest BCUT2D eigenvalue weighted by atomic mass is 9.93. The van der Waals surface area contributed by atoms with Gasteiger partial charge >= 0.3 is 0 Å². The van der Waals surface area contributed by atoms with E-state index in [0.717, 1.165) is 17.4 Å². The fourth-order valence-corrected chi connectivity index (χ4v) is 3.31. The first-order valence-electron chi connectivity index (χ1n) is 6.68. The quantitative estimate of drug-likeness (QED) is 0.856. The minimum atomic E-state index is 0.486. The van der Waals surface area contributed by atoms with Gasteiger partial charge in [-0.05, 0) is 49.1 Å². The number of aromatic nitrogens is 1. The summed E-state index contributed by atoms with van der Waals surface area (Å²) in [5.74, 6) is 0.714. The summed E-state index contributed by atoms with van der Waals surface area (Å²) >= 11 is 3.57. The van der Waals surface area contributed by atoms with Gasteiger partial charge in [0, 0.05) is 27.1 Å². The predicted octanol–water partition coefficient (Wildman–Crippen LogP) is 4.16. The molecule has 1 atom stereocenters. The molecule has 0 aliphatic carbocycles. The number of hydrogen-bond acceptors (Lipinski definition) is 1. The number of halogens is 1. The molecule has 1 aromatic carbocycles. The van der Waals surface area contributed by atoms with Crippen LogP contribution in [-0.2, 0) is 6.42 Å². The Bertz CT molecular complexity index is 571. The number of fused-ring (bicyclic) bond motifs is 3. The molecule has 96 valence electrons. The van der Waals surface area contributed by atoms with Crippen LogP contribution in [0.25, 0.3) is 10.9 Å². The van der Waals surface area contributed by atoms with Crippen molar-refractivity contribution >= 4 is 26.8 Å². The zero-order valence-electron chi connectivity index (χ0n) is 10.9. The average Bonchev–Trinajstić information content (AvgIpc) is 2.68. The van der Waals surface area contributed by atoms with Gasteiger partial charge < -0.3 is 10.3 Å². The monoisotopic (exact) mass is 306 g/mol. The van der Waals surface area contributed by atoms with E-state index < -0.39 is 0 Å². The number of rotatable bonds is 2. The minimum Gasteiger partial charge on any atom is -0.357 e. The second kappa shape index (κ2) is 4.71. The highest BCUT2D eigenvalue weighted by Crippen LogP contribution is 2.34. The molecule has 2 nitrogen and oxygen atoms in total. The van der Waals surface area contributed by atoms with Crippen molar-refractivity contribution in [3.63, 3.8) is 0 Å². The molecule has 18 heavy (non-hydrogen) atoms. The lowest BCUT2D eigenvalue weighted by molar-refractivity contribution is 0.409. The summed E-state index contributed by atoms with van der Waals surface area (Å²) in [4.78, 5) is 3.62. The zero-order chi connectivity index (χ0) is 12.7. The van der Waals surface area contributed by atoms with Gasteiger partial charge in [-0.1, -0.05) is 29.8 Å². The van der Waals surface area contributed by atoms with Crippen molar-refractivity contribution in [2.75, 3.05) is 6.54 Å². The summed E-state index contributed by atoms with van der Waals surface area (Å²) in [7, 11) is 0. The molecule has 0 saturated carbocycles. The van der Waals surface area contributed by atoms with Gasteiger partial charge in [0.2, 0.25) is 0 Å². The molecule has 3 heteroatoms. The summed E-state index contributed by atoms with van der Waals surface area (Å²) in [6, 6.07) is 7.00. The first kappa shape index (κ1) is 12.2. The molecule has 3 rings (SSSR count). The topological polar surface area (TPSA) is 27.8 Å².